The van der Waals surface area contributed by atoms with Crippen LogP contribution >= 0.6 is 0 Å². The Morgan fingerprint density at radius 1 is 1.12 bits per heavy atom. The molecule has 0 atom stereocenters. The van der Waals surface area contributed by atoms with Gasteiger partial charge in [-0.2, -0.15) is 0 Å². The van der Waals surface area contributed by atoms with Crippen LogP contribution in [-0.2, 0) is 0 Å². The average Bonchev–Trinajstić information content (AvgIpc) is 2.63. The lowest BCUT2D eigenvalue weighted by atomic mass is 10.1. The van der Waals surface area contributed by atoms with Gasteiger partial charge in [-0.15, -0.1) is 0 Å². The summed E-state index contributed by atoms with van der Waals surface area (Å²) in [4.78, 5) is 21.0. The van der Waals surface area contributed by atoms with Gasteiger partial charge in [-0.25, -0.2) is 4.79 Å². The summed E-state index contributed by atoms with van der Waals surface area (Å²) in [5.41, 5.74) is 3.88. The molecule has 0 aliphatic carbocycles. The predicted octanol–water partition coefficient (Wildman–Crippen LogP) is 2.23. The Morgan fingerprint density at radius 3 is 2.31 bits per heavy atom. The molecular weight excluding hydrogens is 326 g/mol. The van der Waals surface area contributed by atoms with Crippen molar-refractivity contribution in [3.8, 4) is 0 Å². The molecule has 1 aromatic carbocycles. The summed E-state index contributed by atoms with van der Waals surface area (Å²) in [5.74, 6) is 0. The van der Waals surface area contributed by atoms with Crippen molar-refractivity contribution in [1.29, 1.82) is 0 Å². The molecule has 1 aliphatic heterocycles. The predicted molar refractivity (Wildman–Crippen MR) is 110 cm³/mol. The molecule has 0 bridgehead atoms. The minimum absolute atomic E-state index is 0.0557. The van der Waals surface area contributed by atoms with E-state index in [1.165, 1.54) is 16.9 Å². The molecule has 0 spiro atoms. The van der Waals surface area contributed by atoms with Gasteiger partial charge in [0.2, 0.25) is 0 Å². The van der Waals surface area contributed by atoms with E-state index in [4.69, 9.17) is 0 Å². The summed E-state index contributed by atoms with van der Waals surface area (Å²) in [6.45, 7) is 13.5. The van der Waals surface area contributed by atoms with Crippen LogP contribution in [0, 0.1) is 6.92 Å². The second-order valence-corrected chi connectivity index (χ2v) is 7.15. The number of piperazine rings is 1. The first-order valence-electron chi connectivity index (χ1n) is 9.74. The standard InChI is InChI=1S/C20H35N5O/c1-6-23(7-2)18-8-9-19(17(3)16-18)24-12-14-25(15-13-24)20(26)21-10-11-22(4)5/h8-9,16H,6-7,10-15H2,1-5H3,(H,21,26). The van der Waals surface area contributed by atoms with Crippen molar-refractivity contribution in [3.05, 3.63) is 23.8 Å². The van der Waals surface area contributed by atoms with Crippen LogP contribution in [0.15, 0.2) is 18.2 Å². The van der Waals surface area contributed by atoms with Gasteiger partial charge in [0.1, 0.15) is 0 Å². The molecule has 1 aliphatic rings. The fourth-order valence-electron chi connectivity index (χ4n) is 3.43. The summed E-state index contributed by atoms with van der Waals surface area (Å²) in [7, 11) is 4.03. The van der Waals surface area contributed by atoms with Gasteiger partial charge in [-0.1, -0.05) is 0 Å². The Kier molecular flexibility index (Phi) is 7.57. The smallest absolute Gasteiger partial charge is 0.317 e. The summed E-state index contributed by atoms with van der Waals surface area (Å²) in [5, 5.41) is 3.00. The van der Waals surface area contributed by atoms with Crippen LogP contribution in [-0.4, -0.2) is 82.3 Å². The quantitative estimate of drug-likeness (QED) is 0.809. The number of urea groups is 1. The molecule has 146 valence electrons. The molecule has 6 heteroatoms. The molecule has 0 saturated carbocycles. The molecule has 0 radical (unpaired) electrons. The first kappa shape index (κ1) is 20.4. The van der Waals surface area contributed by atoms with Gasteiger partial charge in [-0.3, -0.25) is 0 Å². The highest BCUT2D eigenvalue weighted by molar-refractivity contribution is 5.74. The summed E-state index contributed by atoms with van der Waals surface area (Å²) < 4.78 is 0. The highest BCUT2D eigenvalue weighted by Crippen LogP contribution is 2.26. The number of hydrogen-bond acceptors (Lipinski definition) is 4. The van der Waals surface area contributed by atoms with E-state index in [0.29, 0.717) is 6.54 Å². The molecule has 6 nitrogen and oxygen atoms in total. The molecule has 1 N–H and O–H groups in total. The third-order valence-corrected chi connectivity index (χ3v) is 5.05. The van der Waals surface area contributed by atoms with Crippen LogP contribution in [0.1, 0.15) is 19.4 Å². The lowest BCUT2D eigenvalue weighted by molar-refractivity contribution is 0.193. The lowest BCUT2D eigenvalue weighted by Crippen LogP contribution is -2.52. The maximum atomic E-state index is 12.2. The van der Waals surface area contributed by atoms with Gasteiger partial charge in [0.25, 0.3) is 0 Å². The van der Waals surface area contributed by atoms with Crippen LogP contribution in [0.4, 0.5) is 16.2 Å². The number of hydrogen-bond donors (Lipinski definition) is 1. The molecular formula is C20H35N5O. The van der Waals surface area contributed by atoms with Crippen molar-refractivity contribution < 1.29 is 4.79 Å². The summed E-state index contributed by atoms with van der Waals surface area (Å²) >= 11 is 0. The number of anilines is 2. The number of carbonyl (C=O) groups is 1. The number of likely N-dealkylation sites (N-methyl/N-ethyl adjacent to an activating group) is 1. The zero-order valence-electron chi connectivity index (χ0n) is 17.1. The molecule has 1 aromatic rings. The van der Waals surface area contributed by atoms with Crippen molar-refractivity contribution >= 4 is 17.4 Å². The van der Waals surface area contributed by atoms with E-state index in [-0.39, 0.29) is 6.03 Å². The molecule has 2 amide bonds. The largest absolute Gasteiger partial charge is 0.372 e. The van der Waals surface area contributed by atoms with E-state index in [1.807, 2.05) is 19.0 Å². The van der Waals surface area contributed by atoms with E-state index in [2.05, 4.69) is 59.0 Å². The molecule has 1 heterocycles. The number of benzene rings is 1. The second kappa shape index (κ2) is 9.67. The molecule has 2 rings (SSSR count). The third-order valence-electron chi connectivity index (χ3n) is 5.05. The molecule has 1 fully saturated rings. The highest BCUT2D eigenvalue weighted by atomic mass is 16.2. The van der Waals surface area contributed by atoms with Gasteiger partial charge in [-0.05, 0) is 58.6 Å². The van der Waals surface area contributed by atoms with Crippen molar-refractivity contribution in [2.24, 2.45) is 0 Å². The van der Waals surface area contributed by atoms with Crippen LogP contribution < -0.4 is 15.1 Å². The van der Waals surface area contributed by atoms with Gasteiger partial charge >= 0.3 is 6.03 Å². The van der Waals surface area contributed by atoms with Crippen LogP contribution in [0.3, 0.4) is 0 Å². The zero-order valence-corrected chi connectivity index (χ0v) is 17.1. The number of nitrogens with one attached hydrogen (secondary N) is 1. The van der Waals surface area contributed by atoms with E-state index in [9.17, 15) is 4.79 Å². The Balaban J connectivity index is 1.90. The fourth-order valence-corrected chi connectivity index (χ4v) is 3.43. The maximum absolute atomic E-state index is 12.2. The van der Waals surface area contributed by atoms with Gasteiger partial charge in [0.15, 0.2) is 0 Å². The Morgan fingerprint density at radius 2 is 1.77 bits per heavy atom. The number of amides is 2. The van der Waals surface area contributed by atoms with E-state index < -0.39 is 0 Å². The molecule has 26 heavy (non-hydrogen) atoms. The Hall–Kier alpha value is -1.95. The topological polar surface area (TPSA) is 42.1 Å². The minimum Gasteiger partial charge on any atom is -0.372 e. The van der Waals surface area contributed by atoms with Crippen LogP contribution in [0.25, 0.3) is 0 Å². The lowest BCUT2D eigenvalue weighted by Gasteiger charge is -2.37. The monoisotopic (exact) mass is 361 g/mol. The van der Waals surface area contributed by atoms with Crippen molar-refractivity contribution in [2.75, 3.05) is 76.3 Å². The van der Waals surface area contributed by atoms with Gasteiger partial charge < -0.3 is 24.9 Å². The number of aryl methyl sites for hydroxylation is 1. The first-order valence-corrected chi connectivity index (χ1v) is 9.74. The molecule has 0 unspecified atom stereocenters. The van der Waals surface area contributed by atoms with E-state index in [0.717, 1.165) is 45.8 Å². The second-order valence-electron chi connectivity index (χ2n) is 7.15. The molecule has 0 aromatic heterocycles. The maximum Gasteiger partial charge on any atom is 0.317 e. The van der Waals surface area contributed by atoms with Crippen LogP contribution in [0.5, 0.6) is 0 Å². The number of rotatable bonds is 7. The van der Waals surface area contributed by atoms with Crippen molar-refractivity contribution in [1.82, 2.24) is 15.1 Å². The summed E-state index contributed by atoms with van der Waals surface area (Å²) in [6.07, 6.45) is 0. The third kappa shape index (κ3) is 5.27. The summed E-state index contributed by atoms with van der Waals surface area (Å²) in [6, 6.07) is 6.79. The Labute approximate surface area is 158 Å². The van der Waals surface area contributed by atoms with E-state index in [1.54, 1.807) is 0 Å². The molecule has 1 saturated heterocycles. The normalized spacial score (nSPS) is 14.7. The van der Waals surface area contributed by atoms with Crippen molar-refractivity contribution in [2.45, 2.75) is 20.8 Å². The average molecular weight is 362 g/mol. The first-order chi connectivity index (χ1) is 12.5. The number of carbonyl (C=O) groups excluding carboxylic acids is 1. The van der Waals surface area contributed by atoms with Crippen molar-refractivity contribution in [3.63, 3.8) is 0 Å². The fraction of sp³-hybridized carbons (Fsp3) is 0.650. The zero-order chi connectivity index (χ0) is 19.1. The van der Waals surface area contributed by atoms with Gasteiger partial charge in [0.05, 0.1) is 0 Å². The Bertz CT molecular complexity index is 578. The van der Waals surface area contributed by atoms with Crippen LogP contribution in [0.2, 0.25) is 0 Å². The van der Waals surface area contributed by atoms with Gasteiger partial charge in [0, 0.05) is 63.7 Å². The minimum atomic E-state index is 0.0557. The van der Waals surface area contributed by atoms with E-state index >= 15 is 0 Å². The highest BCUT2D eigenvalue weighted by Gasteiger charge is 2.22. The SMILES string of the molecule is CCN(CC)c1ccc(N2CCN(C(=O)NCCN(C)C)CC2)c(C)c1. The number of nitrogens with zero attached hydrogens (tertiary/aromatic N) is 4.